The van der Waals surface area contributed by atoms with Crippen molar-refractivity contribution in [1.29, 1.82) is 0 Å². The molecule has 0 aliphatic carbocycles. The summed E-state index contributed by atoms with van der Waals surface area (Å²) in [5, 5.41) is 2.71. The number of hydrogen-bond acceptors (Lipinski definition) is 4. The number of amides is 1. The lowest BCUT2D eigenvalue weighted by Crippen LogP contribution is -2.36. The molecule has 1 amide bonds. The van der Waals surface area contributed by atoms with Crippen molar-refractivity contribution in [3.8, 4) is 0 Å². The number of rotatable bonds is 3. The van der Waals surface area contributed by atoms with Crippen molar-refractivity contribution in [3.63, 3.8) is 0 Å². The first-order valence-corrected chi connectivity index (χ1v) is 7.56. The number of aromatic nitrogens is 1. The summed E-state index contributed by atoms with van der Waals surface area (Å²) in [5.74, 6) is -0.506. The summed E-state index contributed by atoms with van der Waals surface area (Å²) < 4.78 is 18.3. The van der Waals surface area contributed by atoms with E-state index in [0.29, 0.717) is 19.0 Å². The molecule has 7 heteroatoms. The third-order valence-electron chi connectivity index (χ3n) is 3.54. The molecule has 0 radical (unpaired) electrons. The molecule has 1 aliphatic heterocycles. The van der Waals surface area contributed by atoms with Crippen molar-refractivity contribution in [3.05, 3.63) is 52.9 Å². The zero-order valence-corrected chi connectivity index (χ0v) is 13.0. The van der Waals surface area contributed by atoms with Crippen molar-refractivity contribution in [2.45, 2.75) is 0 Å². The quantitative estimate of drug-likeness (QED) is 0.937. The van der Waals surface area contributed by atoms with Crippen LogP contribution in [0.5, 0.6) is 0 Å². The smallest absolute Gasteiger partial charge is 0.258 e. The minimum atomic E-state index is -0.487. The molecule has 23 heavy (non-hydrogen) atoms. The van der Waals surface area contributed by atoms with Gasteiger partial charge in [-0.2, -0.15) is 0 Å². The van der Waals surface area contributed by atoms with E-state index in [1.807, 2.05) is 6.07 Å². The van der Waals surface area contributed by atoms with Crippen LogP contribution in [0.4, 0.5) is 15.9 Å². The average molecular weight is 336 g/mol. The lowest BCUT2D eigenvalue weighted by Gasteiger charge is -2.28. The lowest BCUT2D eigenvalue weighted by atomic mass is 10.2. The third kappa shape index (κ3) is 3.78. The van der Waals surface area contributed by atoms with Gasteiger partial charge in [0, 0.05) is 13.1 Å². The molecule has 5 nitrogen and oxygen atoms in total. The standard InChI is InChI=1S/C16H15ClFN3O2/c17-14-9-11(18)1-3-13(14)16(22)20-15-4-2-12(10-19-15)21-5-7-23-8-6-21/h1-4,9-10H,5-8H2,(H,19,20,22). The molecule has 120 valence electrons. The molecule has 1 fully saturated rings. The zero-order chi connectivity index (χ0) is 16.2. The number of benzene rings is 1. The van der Waals surface area contributed by atoms with Gasteiger partial charge in [-0.3, -0.25) is 4.79 Å². The van der Waals surface area contributed by atoms with Crippen LogP contribution in [-0.4, -0.2) is 37.2 Å². The molecule has 1 aromatic carbocycles. The highest BCUT2D eigenvalue weighted by Crippen LogP contribution is 2.20. The van der Waals surface area contributed by atoms with E-state index >= 15 is 0 Å². The van der Waals surface area contributed by atoms with Crippen LogP contribution >= 0.6 is 11.6 Å². The minimum absolute atomic E-state index is 0.0624. The second-order valence-electron chi connectivity index (χ2n) is 5.08. The number of carbonyl (C=O) groups excluding carboxylic acids is 1. The molecule has 0 bridgehead atoms. The summed E-state index contributed by atoms with van der Waals surface area (Å²) in [4.78, 5) is 18.5. The Bertz CT molecular complexity index is 703. The van der Waals surface area contributed by atoms with Gasteiger partial charge in [0.25, 0.3) is 5.91 Å². The van der Waals surface area contributed by atoms with E-state index in [4.69, 9.17) is 16.3 Å². The zero-order valence-electron chi connectivity index (χ0n) is 12.3. The second kappa shape index (κ2) is 6.93. The maximum absolute atomic E-state index is 13.0. The van der Waals surface area contributed by atoms with Crippen LogP contribution in [0.3, 0.4) is 0 Å². The molecule has 2 aromatic rings. The van der Waals surface area contributed by atoms with Crippen LogP contribution in [0.25, 0.3) is 0 Å². The number of anilines is 2. The first kappa shape index (κ1) is 15.7. The highest BCUT2D eigenvalue weighted by molar-refractivity contribution is 6.34. The Hall–Kier alpha value is -2.18. The third-order valence-corrected chi connectivity index (χ3v) is 3.85. The molecule has 0 unspecified atom stereocenters. The number of morpholine rings is 1. The number of hydrogen-bond donors (Lipinski definition) is 1. The van der Waals surface area contributed by atoms with Crippen LogP contribution in [-0.2, 0) is 4.74 Å². The normalized spacial score (nSPS) is 14.6. The van der Waals surface area contributed by atoms with Crippen molar-refractivity contribution in [2.75, 3.05) is 36.5 Å². The van der Waals surface area contributed by atoms with E-state index in [2.05, 4.69) is 15.2 Å². The SMILES string of the molecule is O=C(Nc1ccc(N2CCOCC2)cn1)c1ccc(F)cc1Cl. The maximum Gasteiger partial charge on any atom is 0.258 e. The fourth-order valence-electron chi connectivity index (χ4n) is 2.33. The van der Waals surface area contributed by atoms with E-state index in [0.717, 1.165) is 24.8 Å². The molecule has 1 aromatic heterocycles. The summed E-state index contributed by atoms with van der Waals surface area (Å²) in [6.45, 7) is 3.03. The summed E-state index contributed by atoms with van der Waals surface area (Å²) in [6.07, 6.45) is 1.70. The molecule has 2 heterocycles. The van der Waals surface area contributed by atoms with Gasteiger partial charge in [0.2, 0.25) is 0 Å². The summed E-state index contributed by atoms with van der Waals surface area (Å²) >= 11 is 5.88. The van der Waals surface area contributed by atoms with Gasteiger partial charge in [-0.15, -0.1) is 0 Å². The molecule has 1 aliphatic rings. The van der Waals surface area contributed by atoms with Gasteiger partial charge < -0.3 is 15.0 Å². The van der Waals surface area contributed by atoms with Gasteiger partial charge in [0.15, 0.2) is 0 Å². The number of nitrogens with zero attached hydrogens (tertiary/aromatic N) is 2. The summed E-state index contributed by atoms with van der Waals surface area (Å²) in [6, 6.07) is 7.25. The Labute approximate surface area is 138 Å². The highest BCUT2D eigenvalue weighted by atomic mass is 35.5. The van der Waals surface area contributed by atoms with Crippen LogP contribution in [0.2, 0.25) is 5.02 Å². The number of nitrogens with one attached hydrogen (secondary N) is 1. The number of pyridine rings is 1. The molecule has 0 spiro atoms. The van der Waals surface area contributed by atoms with Crippen molar-refractivity contribution < 1.29 is 13.9 Å². The van der Waals surface area contributed by atoms with Crippen LogP contribution < -0.4 is 10.2 Å². The summed E-state index contributed by atoms with van der Waals surface area (Å²) in [7, 11) is 0. The van der Waals surface area contributed by atoms with Crippen molar-refractivity contribution in [1.82, 2.24) is 4.98 Å². The van der Waals surface area contributed by atoms with Gasteiger partial charge in [-0.1, -0.05) is 11.6 Å². The maximum atomic E-state index is 13.0. The molecular weight excluding hydrogens is 321 g/mol. The first-order chi connectivity index (χ1) is 11.1. The highest BCUT2D eigenvalue weighted by Gasteiger charge is 2.14. The van der Waals surface area contributed by atoms with Gasteiger partial charge in [-0.25, -0.2) is 9.37 Å². The number of halogens is 2. The van der Waals surface area contributed by atoms with E-state index in [-0.39, 0.29) is 10.6 Å². The van der Waals surface area contributed by atoms with E-state index < -0.39 is 11.7 Å². The Balaban J connectivity index is 1.69. The fourth-order valence-corrected chi connectivity index (χ4v) is 2.58. The second-order valence-corrected chi connectivity index (χ2v) is 5.49. The lowest BCUT2D eigenvalue weighted by molar-refractivity contribution is 0.102. The molecular formula is C16H15ClFN3O2. The monoisotopic (exact) mass is 335 g/mol. The Morgan fingerprint density at radius 3 is 2.70 bits per heavy atom. The Morgan fingerprint density at radius 1 is 1.26 bits per heavy atom. The average Bonchev–Trinajstić information content (AvgIpc) is 2.56. The van der Waals surface area contributed by atoms with E-state index in [1.165, 1.54) is 12.1 Å². The predicted octanol–water partition coefficient (Wildman–Crippen LogP) is 2.96. The van der Waals surface area contributed by atoms with Crippen LogP contribution in [0, 0.1) is 5.82 Å². The van der Waals surface area contributed by atoms with Gasteiger partial charge in [0.1, 0.15) is 11.6 Å². The van der Waals surface area contributed by atoms with E-state index in [9.17, 15) is 9.18 Å². The van der Waals surface area contributed by atoms with Crippen LogP contribution in [0.15, 0.2) is 36.5 Å². The Morgan fingerprint density at radius 2 is 2.04 bits per heavy atom. The predicted molar refractivity (Wildman–Crippen MR) is 86.6 cm³/mol. The first-order valence-electron chi connectivity index (χ1n) is 7.18. The number of carbonyl (C=O) groups is 1. The number of ether oxygens (including phenoxy) is 1. The minimum Gasteiger partial charge on any atom is -0.378 e. The van der Waals surface area contributed by atoms with Gasteiger partial charge >= 0.3 is 0 Å². The molecule has 1 saturated heterocycles. The molecule has 1 N–H and O–H groups in total. The topological polar surface area (TPSA) is 54.5 Å². The Kier molecular flexibility index (Phi) is 4.73. The molecule has 0 saturated carbocycles. The van der Waals surface area contributed by atoms with Crippen molar-refractivity contribution >= 4 is 29.0 Å². The largest absolute Gasteiger partial charge is 0.378 e. The van der Waals surface area contributed by atoms with Crippen LogP contribution in [0.1, 0.15) is 10.4 Å². The molecule has 0 atom stereocenters. The van der Waals surface area contributed by atoms with E-state index in [1.54, 1.807) is 12.3 Å². The van der Waals surface area contributed by atoms with Gasteiger partial charge in [0.05, 0.1) is 35.7 Å². The fraction of sp³-hybridized carbons (Fsp3) is 0.250. The summed E-state index contributed by atoms with van der Waals surface area (Å²) in [5.41, 5.74) is 1.18. The molecule has 3 rings (SSSR count). The van der Waals surface area contributed by atoms with Gasteiger partial charge in [-0.05, 0) is 30.3 Å². The van der Waals surface area contributed by atoms with Crippen molar-refractivity contribution in [2.24, 2.45) is 0 Å².